The van der Waals surface area contributed by atoms with Crippen molar-refractivity contribution in [1.82, 2.24) is 32.8 Å². The molecule has 0 spiro atoms. The van der Waals surface area contributed by atoms with E-state index in [1.807, 2.05) is 60.7 Å². The summed E-state index contributed by atoms with van der Waals surface area (Å²) in [4.78, 5) is 10.6. The third-order valence-electron chi connectivity index (χ3n) is 7.62. The number of hydrogen-bond donors (Lipinski definition) is 1. The van der Waals surface area contributed by atoms with Crippen LogP contribution < -0.4 is 19.7 Å². The smallest absolute Gasteiger partial charge is 0.195 e. The highest BCUT2D eigenvalue weighted by Gasteiger charge is 2.28. The normalized spacial score (nSPS) is 17.2. The minimum atomic E-state index is 0.304. The third-order valence-corrected chi connectivity index (χ3v) is 9.73. The number of ether oxygens (including phenoxy) is 2. The maximum absolute atomic E-state index is 6.16. The predicted molar refractivity (Wildman–Crippen MR) is 193 cm³/mol. The van der Waals surface area contributed by atoms with Gasteiger partial charge in [-0.05, 0) is 84.6 Å². The van der Waals surface area contributed by atoms with Gasteiger partial charge in [-0.15, -0.1) is 0 Å². The summed E-state index contributed by atoms with van der Waals surface area (Å²) in [5.74, 6) is 1.51. The summed E-state index contributed by atoms with van der Waals surface area (Å²) in [7, 11) is 0. The SMILES string of the molecule is Brc1cnc2nsnc2c1.Clc1ccccc1OC[C@H]1CCCN1.Clc1ccccc1OC[C@H]1CCCN1c1ccnc2nsnc12. The number of nitrogens with zero attached hydrogens (tertiary/aromatic N) is 7. The van der Waals surface area contributed by atoms with E-state index >= 15 is 0 Å². The van der Waals surface area contributed by atoms with Crippen molar-refractivity contribution in [3.63, 3.8) is 0 Å². The van der Waals surface area contributed by atoms with Crippen molar-refractivity contribution in [3.8, 4) is 11.5 Å². The van der Waals surface area contributed by atoms with Gasteiger partial charge in [0.05, 0.1) is 45.2 Å². The van der Waals surface area contributed by atoms with Crippen molar-refractivity contribution < 1.29 is 9.47 Å². The fourth-order valence-corrected chi connectivity index (χ4v) is 7.00. The number of anilines is 1. The van der Waals surface area contributed by atoms with E-state index in [0.29, 0.717) is 46.6 Å². The zero-order valence-electron chi connectivity index (χ0n) is 25.1. The van der Waals surface area contributed by atoms with Crippen molar-refractivity contribution in [2.24, 2.45) is 0 Å². The standard InChI is InChI=1S/C16H15ClN4OS.C11H14ClNO.C5H2BrN3S/c17-12-5-1-2-6-14(12)22-10-11-4-3-9-21(11)13-7-8-18-16-15(13)19-23-20-16;12-10-5-1-2-6-11(10)14-8-9-4-3-7-13-9;6-3-1-4-5(7-2-3)9-10-8-4/h1-2,5-8,11H,3-4,9-10H2;1-2,5-6,9,13H,3-4,7-8H2;1-2H/t11-;9-;/m11./s1. The molecule has 2 atom stereocenters. The molecule has 6 aromatic rings. The van der Waals surface area contributed by atoms with Crippen molar-refractivity contribution >= 4 is 90.6 Å². The number of pyridine rings is 2. The second-order valence-corrected chi connectivity index (χ2v) is 13.6. The van der Waals surface area contributed by atoms with E-state index < -0.39 is 0 Å². The van der Waals surface area contributed by atoms with Gasteiger partial charge in [0.15, 0.2) is 11.3 Å². The first-order chi connectivity index (χ1) is 23.0. The minimum Gasteiger partial charge on any atom is -0.490 e. The van der Waals surface area contributed by atoms with E-state index in [0.717, 1.165) is 58.6 Å². The van der Waals surface area contributed by atoms with Crippen LogP contribution in [0, 0.1) is 0 Å². The number of halogens is 3. The Kier molecular flexibility index (Phi) is 12.0. The molecule has 244 valence electrons. The number of benzene rings is 2. The van der Waals surface area contributed by atoms with Crippen LogP contribution in [0.2, 0.25) is 10.0 Å². The maximum atomic E-state index is 6.16. The van der Waals surface area contributed by atoms with Crippen LogP contribution in [0.1, 0.15) is 25.7 Å². The number of para-hydroxylation sites is 2. The molecule has 0 amide bonds. The van der Waals surface area contributed by atoms with Crippen LogP contribution in [0.25, 0.3) is 22.3 Å². The number of fused-ring (bicyclic) bond motifs is 2. The van der Waals surface area contributed by atoms with Gasteiger partial charge in [0, 0.05) is 29.5 Å². The van der Waals surface area contributed by atoms with Crippen LogP contribution in [0.3, 0.4) is 0 Å². The Balaban J connectivity index is 0.000000136. The molecule has 4 aromatic heterocycles. The molecule has 10 nitrogen and oxygen atoms in total. The number of hydrogen-bond acceptors (Lipinski definition) is 12. The second-order valence-electron chi connectivity index (χ2n) is 10.8. The minimum absolute atomic E-state index is 0.304. The second kappa shape index (κ2) is 16.8. The van der Waals surface area contributed by atoms with Crippen molar-refractivity contribution in [1.29, 1.82) is 0 Å². The Bertz CT molecular complexity index is 1890. The third kappa shape index (κ3) is 9.04. The molecule has 2 aromatic carbocycles. The molecule has 0 saturated carbocycles. The Hall–Kier alpha value is -3.20. The summed E-state index contributed by atoms with van der Waals surface area (Å²) in [6.45, 7) is 3.42. The van der Waals surface area contributed by atoms with Crippen LogP contribution in [-0.2, 0) is 0 Å². The quantitative estimate of drug-likeness (QED) is 0.171. The lowest BCUT2D eigenvalue weighted by Crippen LogP contribution is -2.34. The molecule has 8 rings (SSSR count). The molecule has 1 N–H and O–H groups in total. The van der Waals surface area contributed by atoms with Gasteiger partial charge in [0.25, 0.3) is 0 Å². The molecule has 0 bridgehead atoms. The summed E-state index contributed by atoms with van der Waals surface area (Å²) >= 11 is 17.8. The highest BCUT2D eigenvalue weighted by atomic mass is 79.9. The van der Waals surface area contributed by atoms with Crippen LogP contribution in [-0.4, -0.2) is 65.8 Å². The highest BCUT2D eigenvalue weighted by Crippen LogP contribution is 2.32. The van der Waals surface area contributed by atoms with Crippen LogP contribution in [0.5, 0.6) is 11.5 Å². The zero-order valence-corrected chi connectivity index (χ0v) is 29.9. The molecule has 2 aliphatic rings. The van der Waals surface area contributed by atoms with E-state index in [1.165, 1.54) is 36.3 Å². The van der Waals surface area contributed by atoms with Gasteiger partial charge >= 0.3 is 0 Å². The molecule has 0 radical (unpaired) electrons. The first kappa shape index (κ1) is 33.7. The predicted octanol–water partition coefficient (Wildman–Crippen LogP) is 8.11. The molecule has 15 heteroatoms. The van der Waals surface area contributed by atoms with E-state index in [-0.39, 0.29) is 0 Å². The molecule has 0 unspecified atom stereocenters. The van der Waals surface area contributed by atoms with Gasteiger partial charge in [-0.25, -0.2) is 9.97 Å². The molecule has 2 saturated heterocycles. The first-order valence-corrected chi connectivity index (χ1v) is 18.1. The fourth-order valence-electron chi connectivity index (χ4n) is 5.31. The summed E-state index contributed by atoms with van der Waals surface area (Å²) in [6, 6.07) is 19.9. The van der Waals surface area contributed by atoms with Crippen LogP contribution >= 0.6 is 62.6 Å². The number of rotatable bonds is 7. The Morgan fingerprint density at radius 3 is 2.30 bits per heavy atom. The summed E-state index contributed by atoms with van der Waals surface area (Å²) < 4.78 is 29.1. The molecular weight excluding hydrogens is 743 g/mol. The first-order valence-electron chi connectivity index (χ1n) is 15.1. The van der Waals surface area contributed by atoms with E-state index in [1.54, 1.807) is 12.4 Å². The van der Waals surface area contributed by atoms with E-state index in [4.69, 9.17) is 32.7 Å². The van der Waals surface area contributed by atoms with Gasteiger partial charge in [0.2, 0.25) is 0 Å². The Morgan fingerprint density at radius 1 is 0.830 bits per heavy atom. The lowest BCUT2D eigenvalue weighted by molar-refractivity contribution is 0.277. The van der Waals surface area contributed by atoms with Gasteiger partial charge in [0.1, 0.15) is 35.7 Å². The average molecular weight is 775 g/mol. The van der Waals surface area contributed by atoms with Gasteiger partial charge in [-0.2, -0.15) is 17.5 Å². The van der Waals surface area contributed by atoms with Crippen LogP contribution in [0.4, 0.5) is 5.69 Å². The molecule has 2 aliphatic heterocycles. The summed E-state index contributed by atoms with van der Waals surface area (Å²) in [5.41, 5.74) is 4.24. The molecule has 47 heavy (non-hydrogen) atoms. The van der Waals surface area contributed by atoms with Gasteiger partial charge in [-0.3, -0.25) is 0 Å². The largest absolute Gasteiger partial charge is 0.490 e. The molecule has 2 fully saturated rings. The summed E-state index contributed by atoms with van der Waals surface area (Å²) in [6.07, 6.45) is 8.18. The monoisotopic (exact) mass is 772 g/mol. The Morgan fingerprint density at radius 2 is 1.55 bits per heavy atom. The van der Waals surface area contributed by atoms with Crippen molar-refractivity contribution in [2.75, 3.05) is 31.2 Å². The Labute approximate surface area is 299 Å². The number of nitrogens with one attached hydrogen (secondary N) is 1. The van der Waals surface area contributed by atoms with Crippen molar-refractivity contribution in [3.05, 3.63) is 87.6 Å². The van der Waals surface area contributed by atoms with Crippen LogP contribution in [0.15, 0.2) is 77.5 Å². The lowest BCUT2D eigenvalue weighted by Gasteiger charge is -2.26. The highest BCUT2D eigenvalue weighted by molar-refractivity contribution is 9.10. The zero-order chi connectivity index (χ0) is 32.4. The van der Waals surface area contributed by atoms with Crippen molar-refractivity contribution in [2.45, 2.75) is 37.8 Å². The van der Waals surface area contributed by atoms with Gasteiger partial charge < -0.3 is 19.7 Å². The number of aromatic nitrogens is 6. The average Bonchev–Trinajstić information content (AvgIpc) is 3.92. The van der Waals surface area contributed by atoms with E-state index in [2.05, 4.69) is 53.6 Å². The topological polar surface area (TPSA) is 111 Å². The molecule has 6 heterocycles. The van der Waals surface area contributed by atoms with Gasteiger partial charge in [-0.1, -0.05) is 47.5 Å². The maximum Gasteiger partial charge on any atom is 0.195 e. The molecular formula is C32H31BrCl2N8O2S2. The van der Waals surface area contributed by atoms with E-state index in [9.17, 15) is 0 Å². The lowest BCUT2D eigenvalue weighted by atomic mass is 10.2. The summed E-state index contributed by atoms with van der Waals surface area (Å²) in [5, 5.41) is 4.71. The molecule has 0 aliphatic carbocycles. The fraction of sp³-hybridized carbons (Fsp3) is 0.312.